The van der Waals surface area contributed by atoms with Gasteiger partial charge >= 0.3 is 10.1 Å². The van der Waals surface area contributed by atoms with Crippen LogP contribution >= 0.6 is 0 Å². The van der Waals surface area contributed by atoms with E-state index in [1.807, 2.05) is 13.0 Å². The molecule has 0 fully saturated rings. The fraction of sp³-hybridized carbons (Fsp3) is 0.0357. The zero-order valence-corrected chi connectivity index (χ0v) is 20.8. The van der Waals surface area contributed by atoms with E-state index in [0.29, 0.717) is 21.5 Å². The summed E-state index contributed by atoms with van der Waals surface area (Å²) in [5.41, 5.74) is 1.24. The molecule has 0 saturated heterocycles. The summed E-state index contributed by atoms with van der Waals surface area (Å²) in [5.74, 6) is -0.245. The van der Waals surface area contributed by atoms with E-state index in [1.165, 1.54) is 16.7 Å². The van der Waals surface area contributed by atoms with Gasteiger partial charge in [0.15, 0.2) is 10.6 Å². The molecule has 0 N–H and O–H groups in total. The lowest BCUT2D eigenvalue weighted by Gasteiger charge is -2.18. The highest BCUT2D eigenvalue weighted by atomic mass is 32.2. The Hall–Kier alpha value is -4.01. The van der Waals surface area contributed by atoms with Gasteiger partial charge in [0, 0.05) is 16.0 Å². The van der Waals surface area contributed by atoms with Gasteiger partial charge in [0.25, 0.3) is 5.56 Å². The Bertz CT molecular complexity index is 1750. The number of aryl methyl sites for hydroxylation is 1. The van der Waals surface area contributed by atoms with Crippen LogP contribution in [-0.4, -0.2) is 17.2 Å². The molecule has 36 heavy (non-hydrogen) atoms. The van der Waals surface area contributed by atoms with Gasteiger partial charge in [-0.2, -0.15) is 8.42 Å². The average Bonchev–Trinajstić information content (AvgIpc) is 2.90. The van der Waals surface area contributed by atoms with Crippen molar-refractivity contribution in [1.29, 1.82) is 0 Å². The zero-order chi connectivity index (χ0) is 25.3. The molecular weight excluding hydrogens is 494 g/mol. The maximum atomic E-state index is 14.0. The second-order valence-electron chi connectivity index (χ2n) is 8.08. The summed E-state index contributed by atoms with van der Waals surface area (Å²) in [5, 5.41) is 0.343. The van der Waals surface area contributed by atoms with E-state index in [9.17, 15) is 17.4 Å². The Kier molecular flexibility index (Phi) is 6.30. The third-order valence-corrected chi connectivity index (χ3v) is 8.32. The number of nitrogens with zero attached hydrogens (tertiary/aromatic N) is 1. The molecule has 5 rings (SSSR count). The predicted octanol–water partition coefficient (Wildman–Crippen LogP) is 5.23. The second-order valence-corrected chi connectivity index (χ2v) is 11.0. The summed E-state index contributed by atoms with van der Waals surface area (Å²) >= 11 is 0. The van der Waals surface area contributed by atoms with Crippen molar-refractivity contribution in [2.24, 2.45) is 0 Å². The summed E-state index contributed by atoms with van der Waals surface area (Å²) < 4.78 is 47.5. The summed E-state index contributed by atoms with van der Waals surface area (Å²) in [6.45, 7) is 1.84. The van der Waals surface area contributed by atoms with Gasteiger partial charge in [0.1, 0.15) is 4.90 Å². The van der Waals surface area contributed by atoms with Crippen LogP contribution in [0.5, 0.6) is 5.75 Å². The molecule has 8 heteroatoms. The molecule has 1 unspecified atom stereocenters. The van der Waals surface area contributed by atoms with Crippen molar-refractivity contribution >= 4 is 31.8 Å². The number of hydrogen-bond donors (Lipinski definition) is 0. The zero-order valence-electron chi connectivity index (χ0n) is 19.2. The van der Waals surface area contributed by atoms with Gasteiger partial charge in [0.2, 0.25) is 0 Å². The minimum atomic E-state index is -4.34. The minimum Gasteiger partial charge on any atom is -0.377 e. The Balaban J connectivity index is 1.84. The van der Waals surface area contributed by atoms with Crippen LogP contribution in [0.25, 0.3) is 16.6 Å². The molecule has 0 aliphatic heterocycles. The van der Waals surface area contributed by atoms with Gasteiger partial charge in [-0.25, -0.2) is 4.21 Å². The molecule has 1 heterocycles. The molecule has 0 saturated carbocycles. The first-order chi connectivity index (χ1) is 17.4. The van der Waals surface area contributed by atoms with Gasteiger partial charge in [-0.3, -0.25) is 9.36 Å². The fourth-order valence-electron chi connectivity index (χ4n) is 3.90. The standard InChI is InChI=1S/C28H21NO5S2/c1-20-16-18-23(19-17-20)36(32,33)34-26-24-14-8-9-15-25(24)29(21-10-4-2-5-11-21)28(30)27(26)35(31)22-12-6-3-7-13-22/h2-19H,1H3. The smallest absolute Gasteiger partial charge is 0.339 e. The molecule has 5 aromatic rings. The van der Waals surface area contributed by atoms with Crippen molar-refractivity contribution in [3.8, 4) is 11.4 Å². The largest absolute Gasteiger partial charge is 0.377 e. The van der Waals surface area contributed by atoms with Gasteiger partial charge in [0.05, 0.1) is 16.3 Å². The summed E-state index contributed by atoms with van der Waals surface area (Å²) in [6, 6.07) is 30.3. The van der Waals surface area contributed by atoms with Crippen LogP contribution in [0.15, 0.2) is 129 Å². The average molecular weight is 516 g/mol. The lowest BCUT2D eigenvalue weighted by atomic mass is 10.2. The molecule has 0 radical (unpaired) electrons. The highest BCUT2D eigenvalue weighted by Gasteiger charge is 2.28. The quantitative estimate of drug-likeness (QED) is 0.289. The molecule has 6 nitrogen and oxygen atoms in total. The molecule has 0 aliphatic rings. The molecule has 0 bridgehead atoms. The SMILES string of the molecule is Cc1ccc(S(=O)(=O)Oc2c(S(=O)c3ccccc3)c(=O)n(-c3ccccc3)c3ccccc23)cc1. The van der Waals surface area contributed by atoms with Gasteiger partial charge in [-0.15, -0.1) is 0 Å². The van der Waals surface area contributed by atoms with Crippen LogP contribution in [0, 0.1) is 6.92 Å². The highest BCUT2D eigenvalue weighted by Crippen LogP contribution is 2.35. The van der Waals surface area contributed by atoms with Gasteiger partial charge in [-0.1, -0.05) is 66.2 Å². The van der Waals surface area contributed by atoms with Crippen molar-refractivity contribution in [3.63, 3.8) is 0 Å². The number of pyridine rings is 1. The van der Waals surface area contributed by atoms with Crippen LogP contribution in [0.3, 0.4) is 0 Å². The third kappa shape index (κ3) is 4.36. The van der Waals surface area contributed by atoms with E-state index in [-0.39, 0.29) is 15.5 Å². The Labute approximate surface area is 211 Å². The third-order valence-electron chi connectivity index (χ3n) is 5.65. The normalized spacial score (nSPS) is 12.4. The van der Waals surface area contributed by atoms with Crippen LogP contribution in [-0.2, 0) is 20.9 Å². The van der Waals surface area contributed by atoms with Crippen LogP contribution in [0.1, 0.15) is 5.56 Å². The van der Waals surface area contributed by atoms with E-state index < -0.39 is 26.5 Å². The number of aromatic nitrogens is 1. The van der Waals surface area contributed by atoms with Crippen molar-refractivity contribution in [2.75, 3.05) is 0 Å². The van der Waals surface area contributed by atoms with Crippen LogP contribution < -0.4 is 9.74 Å². The Morgan fingerprint density at radius 1 is 0.750 bits per heavy atom. The van der Waals surface area contributed by atoms with Crippen LogP contribution in [0.2, 0.25) is 0 Å². The predicted molar refractivity (Wildman–Crippen MR) is 140 cm³/mol. The van der Waals surface area contributed by atoms with E-state index in [2.05, 4.69) is 0 Å². The van der Waals surface area contributed by atoms with Gasteiger partial charge < -0.3 is 4.18 Å². The monoisotopic (exact) mass is 515 g/mol. The van der Waals surface area contributed by atoms with Crippen molar-refractivity contribution in [1.82, 2.24) is 4.57 Å². The number of fused-ring (bicyclic) bond motifs is 1. The fourth-order valence-corrected chi connectivity index (χ4v) is 6.12. The molecular formula is C28H21NO5S2. The van der Waals surface area contributed by atoms with E-state index in [1.54, 1.807) is 91.0 Å². The number of benzene rings is 4. The first kappa shape index (κ1) is 23.7. The molecule has 0 spiro atoms. The first-order valence-corrected chi connectivity index (χ1v) is 13.6. The van der Waals surface area contributed by atoms with Crippen molar-refractivity contribution < 1.29 is 16.8 Å². The summed E-state index contributed by atoms with van der Waals surface area (Å²) in [6.07, 6.45) is 0. The Morgan fingerprint density at radius 2 is 1.33 bits per heavy atom. The van der Waals surface area contributed by atoms with Gasteiger partial charge in [-0.05, 0) is 55.5 Å². The Morgan fingerprint density at radius 3 is 2.00 bits per heavy atom. The van der Waals surface area contributed by atoms with Crippen molar-refractivity contribution in [3.05, 3.63) is 125 Å². The summed E-state index contributed by atoms with van der Waals surface area (Å²) in [4.78, 5) is 14.0. The van der Waals surface area contributed by atoms with E-state index in [0.717, 1.165) is 5.56 Å². The second kappa shape index (κ2) is 9.56. The topological polar surface area (TPSA) is 82.4 Å². The van der Waals surface area contributed by atoms with Crippen LogP contribution in [0.4, 0.5) is 0 Å². The maximum Gasteiger partial charge on any atom is 0.339 e. The molecule has 180 valence electrons. The van der Waals surface area contributed by atoms with Crippen molar-refractivity contribution in [2.45, 2.75) is 21.6 Å². The molecule has 0 amide bonds. The highest BCUT2D eigenvalue weighted by molar-refractivity contribution is 7.87. The lowest BCUT2D eigenvalue weighted by molar-refractivity contribution is 0.481. The number of para-hydroxylation sites is 2. The lowest BCUT2D eigenvalue weighted by Crippen LogP contribution is -2.26. The number of rotatable bonds is 6. The molecule has 1 aromatic heterocycles. The molecule has 1 atom stereocenters. The molecule has 0 aliphatic carbocycles. The maximum absolute atomic E-state index is 14.0. The number of hydrogen-bond acceptors (Lipinski definition) is 5. The first-order valence-electron chi connectivity index (χ1n) is 11.1. The summed E-state index contributed by atoms with van der Waals surface area (Å²) in [7, 11) is -6.36. The molecule has 4 aromatic carbocycles. The minimum absolute atomic E-state index is 0.0686. The van der Waals surface area contributed by atoms with E-state index >= 15 is 0 Å². The van der Waals surface area contributed by atoms with E-state index in [4.69, 9.17) is 4.18 Å².